The van der Waals surface area contributed by atoms with E-state index in [2.05, 4.69) is 5.32 Å². The summed E-state index contributed by atoms with van der Waals surface area (Å²) in [6.45, 7) is 3.18. The van der Waals surface area contributed by atoms with Crippen molar-refractivity contribution < 1.29 is 27.5 Å². The number of hydrogen-bond acceptors (Lipinski definition) is 6. The molecule has 0 fully saturated rings. The van der Waals surface area contributed by atoms with Crippen molar-refractivity contribution in [1.29, 1.82) is 0 Å². The van der Waals surface area contributed by atoms with Crippen LogP contribution in [0.15, 0.2) is 114 Å². The predicted octanol–water partition coefficient (Wildman–Crippen LogP) is 5.06. The van der Waals surface area contributed by atoms with Gasteiger partial charge in [0.15, 0.2) is 0 Å². The van der Waals surface area contributed by atoms with E-state index in [1.165, 1.54) is 37.3 Å². The molecule has 4 rings (SSSR count). The third-order valence-electron chi connectivity index (χ3n) is 7.16. The number of nitrogens with one attached hydrogen (secondary N) is 1. The molecule has 4 aromatic carbocycles. The molecule has 0 bridgehead atoms. The molecule has 236 valence electrons. The molecule has 9 nitrogen and oxygen atoms in total. The number of anilines is 1. The fourth-order valence-corrected chi connectivity index (χ4v) is 6.38. The number of carbonyl (C=O) groups is 2. The van der Waals surface area contributed by atoms with E-state index in [1.807, 2.05) is 74.5 Å². The molecule has 4 aromatic rings. The summed E-state index contributed by atoms with van der Waals surface area (Å²) in [5.74, 6) is -0.292. The van der Waals surface area contributed by atoms with Crippen molar-refractivity contribution >= 4 is 27.5 Å². The lowest BCUT2D eigenvalue weighted by molar-refractivity contribution is -0.140. The van der Waals surface area contributed by atoms with Gasteiger partial charge in [0.2, 0.25) is 11.8 Å². The molecule has 45 heavy (non-hydrogen) atoms. The highest BCUT2D eigenvalue weighted by molar-refractivity contribution is 7.92. The van der Waals surface area contributed by atoms with Gasteiger partial charge in [-0.3, -0.25) is 13.9 Å². The van der Waals surface area contributed by atoms with Crippen molar-refractivity contribution in [3.05, 3.63) is 120 Å². The number of hydrogen-bond donors (Lipinski definition) is 1. The lowest BCUT2D eigenvalue weighted by Gasteiger charge is -2.34. The fraction of sp³-hybridized carbons (Fsp3) is 0.257. The lowest BCUT2D eigenvalue weighted by atomic mass is 10.0. The molecule has 0 saturated carbocycles. The Labute approximate surface area is 265 Å². The smallest absolute Gasteiger partial charge is 0.264 e. The minimum Gasteiger partial charge on any atom is -0.497 e. The number of methoxy groups -OCH3 is 2. The largest absolute Gasteiger partial charge is 0.497 e. The van der Waals surface area contributed by atoms with Gasteiger partial charge in [0, 0.05) is 25.1 Å². The fourth-order valence-electron chi connectivity index (χ4n) is 4.94. The van der Waals surface area contributed by atoms with Crippen molar-refractivity contribution in [2.24, 2.45) is 0 Å². The predicted molar refractivity (Wildman–Crippen MR) is 175 cm³/mol. The maximum absolute atomic E-state index is 14.6. The molecule has 0 aromatic heterocycles. The molecule has 0 aliphatic rings. The topological polar surface area (TPSA) is 105 Å². The van der Waals surface area contributed by atoms with Crippen LogP contribution in [0.4, 0.5) is 5.69 Å². The van der Waals surface area contributed by atoms with Crippen LogP contribution in [0.1, 0.15) is 25.0 Å². The Hall–Kier alpha value is -4.83. The maximum atomic E-state index is 14.6. The highest BCUT2D eigenvalue weighted by Gasteiger charge is 2.35. The van der Waals surface area contributed by atoms with Crippen LogP contribution in [-0.2, 0) is 32.6 Å². The quantitative estimate of drug-likeness (QED) is 0.209. The number of ether oxygens (including phenoxy) is 2. The standard InChI is InChI=1S/C35H39N3O6S/c1-26(2)36-35(40)32(22-27-14-8-5-9-15-27)37(24-28-16-10-6-11-17-28)34(39)25-38(45(41,42)30-18-12-7-13-19-30)31-23-29(43-3)20-21-33(31)44-4/h5-21,23,26,32H,22,24-25H2,1-4H3,(H,36,40)/t32-/m0/s1. The van der Waals surface area contributed by atoms with Gasteiger partial charge in [0.25, 0.3) is 10.0 Å². The number of benzene rings is 4. The molecule has 2 amide bonds. The minimum atomic E-state index is -4.29. The summed E-state index contributed by atoms with van der Waals surface area (Å²) in [6, 6.07) is 30.2. The van der Waals surface area contributed by atoms with E-state index >= 15 is 0 Å². The van der Waals surface area contributed by atoms with E-state index in [0.717, 1.165) is 15.4 Å². The summed E-state index contributed by atoms with van der Waals surface area (Å²) in [7, 11) is -1.39. The third kappa shape index (κ3) is 8.42. The van der Waals surface area contributed by atoms with Crippen LogP contribution in [0.2, 0.25) is 0 Å². The van der Waals surface area contributed by atoms with Crippen molar-refractivity contribution in [2.45, 2.75) is 43.8 Å². The zero-order valence-corrected chi connectivity index (χ0v) is 26.7. The van der Waals surface area contributed by atoms with Gasteiger partial charge < -0.3 is 19.7 Å². The van der Waals surface area contributed by atoms with Crippen LogP contribution in [0.25, 0.3) is 0 Å². The van der Waals surface area contributed by atoms with Gasteiger partial charge in [0.05, 0.1) is 24.8 Å². The van der Waals surface area contributed by atoms with Gasteiger partial charge >= 0.3 is 0 Å². The molecule has 0 aliphatic carbocycles. The van der Waals surface area contributed by atoms with Crippen molar-refractivity contribution in [1.82, 2.24) is 10.2 Å². The Morgan fingerprint density at radius 2 is 1.36 bits per heavy atom. The Bertz CT molecular complexity index is 1670. The number of nitrogens with zero attached hydrogens (tertiary/aromatic N) is 2. The highest BCUT2D eigenvalue weighted by Crippen LogP contribution is 2.36. The highest BCUT2D eigenvalue weighted by atomic mass is 32.2. The minimum absolute atomic E-state index is 0.00401. The van der Waals surface area contributed by atoms with Crippen LogP contribution < -0.4 is 19.1 Å². The normalized spacial score (nSPS) is 11.8. The molecule has 1 atom stereocenters. The monoisotopic (exact) mass is 629 g/mol. The summed E-state index contributed by atoms with van der Waals surface area (Å²) in [5.41, 5.74) is 1.77. The molecule has 0 spiro atoms. The first-order valence-corrected chi connectivity index (χ1v) is 16.1. The van der Waals surface area contributed by atoms with E-state index in [1.54, 1.807) is 30.3 Å². The molecule has 0 aliphatic heterocycles. The van der Waals surface area contributed by atoms with Crippen LogP contribution in [0, 0.1) is 0 Å². The Kier molecular flexibility index (Phi) is 11.2. The van der Waals surface area contributed by atoms with E-state index in [4.69, 9.17) is 9.47 Å². The third-order valence-corrected chi connectivity index (χ3v) is 8.94. The Balaban J connectivity index is 1.85. The zero-order chi connectivity index (χ0) is 32.4. The number of sulfonamides is 1. The molecule has 0 heterocycles. The maximum Gasteiger partial charge on any atom is 0.264 e. The van der Waals surface area contributed by atoms with Crippen molar-refractivity contribution in [3.63, 3.8) is 0 Å². The van der Waals surface area contributed by atoms with E-state index in [-0.39, 0.29) is 41.2 Å². The second kappa shape index (κ2) is 15.3. The molecular formula is C35H39N3O6S. The molecule has 10 heteroatoms. The summed E-state index contributed by atoms with van der Waals surface area (Å²) >= 11 is 0. The van der Waals surface area contributed by atoms with Crippen LogP contribution >= 0.6 is 0 Å². The van der Waals surface area contributed by atoms with Crippen LogP contribution in [-0.4, -0.2) is 58.0 Å². The average molecular weight is 630 g/mol. The van der Waals surface area contributed by atoms with Gasteiger partial charge in [-0.1, -0.05) is 78.9 Å². The lowest BCUT2D eigenvalue weighted by Crippen LogP contribution is -2.54. The van der Waals surface area contributed by atoms with Gasteiger partial charge in [0.1, 0.15) is 24.1 Å². The number of amides is 2. The van der Waals surface area contributed by atoms with E-state index in [9.17, 15) is 18.0 Å². The second-order valence-corrected chi connectivity index (χ2v) is 12.6. The number of rotatable bonds is 14. The van der Waals surface area contributed by atoms with E-state index in [0.29, 0.717) is 5.75 Å². The summed E-state index contributed by atoms with van der Waals surface area (Å²) < 4.78 is 40.4. The van der Waals surface area contributed by atoms with Crippen molar-refractivity contribution in [3.8, 4) is 11.5 Å². The molecular weight excluding hydrogens is 590 g/mol. The molecule has 0 saturated heterocycles. The number of carbonyl (C=O) groups excluding carboxylic acids is 2. The summed E-state index contributed by atoms with van der Waals surface area (Å²) in [5, 5.41) is 2.96. The first kappa shape index (κ1) is 33.1. The molecule has 0 radical (unpaired) electrons. The van der Waals surface area contributed by atoms with Gasteiger partial charge in [-0.15, -0.1) is 0 Å². The Morgan fingerprint density at radius 3 is 1.91 bits per heavy atom. The van der Waals surface area contributed by atoms with Crippen molar-refractivity contribution in [2.75, 3.05) is 25.1 Å². The first-order chi connectivity index (χ1) is 21.6. The second-order valence-electron chi connectivity index (χ2n) is 10.7. The zero-order valence-electron chi connectivity index (χ0n) is 25.9. The van der Waals surface area contributed by atoms with Gasteiger partial charge in [-0.25, -0.2) is 8.42 Å². The molecule has 1 N–H and O–H groups in total. The molecule has 0 unspecified atom stereocenters. The average Bonchev–Trinajstić information content (AvgIpc) is 3.05. The SMILES string of the molecule is COc1ccc(OC)c(N(CC(=O)N(Cc2ccccc2)[C@@H](Cc2ccccc2)C(=O)NC(C)C)S(=O)(=O)c2ccccc2)c1. The summed E-state index contributed by atoms with van der Waals surface area (Å²) in [6.07, 6.45) is 0.228. The van der Waals surface area contributed by atoms with Crippen LogP contribution in [0.5, 0.6) is 11.5 Å². The van der Waals surface area contributed by atoms with E-state index < -0.39 is 28.5 Å². The Morgan fingerprint density at radius 1 is 0.778 bits per heavy atom. The van der Waals surface area contributed by atoms with Gasteiger partial charge in [-0.2, -0.15) is 0 Å². The van der Waals surface area contributed by atoms with Crippen LogP contribution in [0.3, 0.4) is 0 Å². The first-order valence-electron chi connectivity index (χ1n) is 14.6. The van der Waals surface area contributed by atoms with Gasteiger partial charge in [-0.05, 0) is 49.2 Å². The summed E-state index contributed by atoms with van der Waals surface area (Å²) in [4.78, 5) is 29.8.